The molecule has 0 atom stereocenters. The molecule has 0 heteroatoms. The first-order valence-electron chi connectivity index (χ1n) is 4.86. The van der Waals surface area contributed by atoms with E-state index in [1.165, 1.54) is 30.4 Å². The number of allylic oxidation sites excluding steroid dienone is 4. The number of hydrogen-bond donors (Lipinski definition) is 0. The maximum absolute atomic E-state index is 2.32. The van der Waals surface area contributed by atoms with Gasteiger partial charge in [0, 0.05) is 0 Å². The topological polar surface area (TPSA) is 0 Å². The molecule has 12 heavy (non-hydrogen) atoms. The summed E-state index contributed by atoms with van der Waals surface area (Å²) in [6.07, 6.45) is 5.97. The molecule has 0 saturated carbocycles. The Morgan fingerprint density at radius 1 is 1.08 bits per heavy atom. The van der Waals surface area contributed by atoms with Crippen LogP contribution >= 0.6 is 0 Å². The molecular formula is C12H22. The van der Waals surface area contributed by atoms with Gasteiger partial charge in [-0.1, -0.05) is 29.7 Å². The lowest BCUT2D eigenvalue weighted by atomic mass is 10.0. The fourth-order valence-electron chi connectivity index (χ4n) is 1.32. The van der Waals surface area contributed by atoms with Gasteiger partial charge < -0.3 is 0 Å². The van der Waals surface area contributed by atoms with E-state index in [0.29, 0.717) is 0 Å². The summed E-state index contributed by atoms with van der Waals surface area (Å²) in [5, 5.41) is 0. The van der Waals surface area contributed by atoms with Gasteiger partial charge in [0.15, 0.2) is 0 Å². The van der Waals surface area contributed by atoms with Gasteiger partial charge in [-0.15, -0.1) is 0 Å². The van der Waals surface area contributed by atoms with Gasteiger partial charge in [0.05, 0.1) is 0 Å². The molecule has 0 rings (SSSR count). The van der Waals surface area contributed by atoms with E-state index in [-0.39, 0.29) is 0 Å². The minimum Gasteiger partial charge on any atom is -0.0856 e. The molecule has 0 unspecified atom stereocenters. The van der Waals surface area contributed by atoms with Crippen molar-refractivity contribution in [2.75, 3.05) is 0 Å². The van der Waals surface area contributed by atoms with E-state index in [1.807, 2.05) is 0 Å². The first kappa shape index (κ1) is 11.5. The first-order chi connectivity index (χ1) is 5.57. The molecule has 0 aliphatic rings. The van der Waals surface area contributed by atoms with Crippen LogP contribution in [-0.4, -0.2) is 0 Å². The molecule has 0 spiro atoms. The summed E-state index contributed by atoms with van der Waals surface area (Å²) in [4.78, 5) is 0. The van der Waals surface area contributed by atoms with Crippen LogP contribution < -0.4 is 0 Å². The van der Waals surface area contributed by atoms with Crippen LogP contribution in [0, 0.1) is 0 Å². The third-order valence-corrected chi connectivity index (χ3v) is 2.13. The van der Waals surface area contributed by atoms with Gasteiger partial charge in [0.25, 0.3) is 0 Å². The maximum atomic E-state index is 2.32. The van der Waals surface area contributed by atoms with Crippen LogP contribution in [0.15, 0.2) is 22.8 Å². The van der Waals surface area contributed by atoms with Gasteiger partial charge in [-0.05, 0) is 47.0 Å². The van der Waals surface area contributed by atoms with Crippen LogP contribution in [0.25, 0.3) is 0 Å². The minimum absolute atomic E-state index is 1.21. The second-order valence-electron chi connectivity index (χ2n) is 3.78. The van der Waals surface area contributed by atoms with Crippen molar-refractivity contribution in [3.05, 3.63) is 22.8 Å². The quantitative estimate of drug-likeness (QED) is 0.540. The summed E-state index contributed by atoms with van der Waals surface area (Å²) in [5.74, 6) is 0. The van der Waals surface area contributed by atoms with E-state index in [0.717, 1.165) is 0 Å². The van der Waals surface area contributed by atoms with Crippen molar-refractivity contribution < 1.29 is 0 Å². The monoisotopic (exact) mass is 166 g/mol. The van der Waals surface area contributed by atoms with E-state index in [1.54, 1.807) is 5.57 Å². The molecule has 0 saturated heterocycles. The number of rotatable bonds is 4. The maximum Gasteiger partial charge on any atom is -0.0283 e. The average molecular weight is 166 g/mol. The van der Waals surface area contributed by atoms with Gasteiger partial charge in [0.1, 0.15) is 0 Å². The highest BCUT2D eigenvalue weighted by Gasteiger charge is 1.94. The standard InChI is InChI=1S/C12H22/c1-6-12(11(4)5)9-7-8-10(2)3/h8H,6-7,9H2,1-5H3. The normalized spacial score (nSPS) is 9.42. The van der Waals surface area contributed by atoms with Crippen molar-refractivity contribution in [1.82, 2.24) is 0 Å². The fourth-order valence-corrected chi connectivity index (χ4v) is 1.32. The highest BCUT2D eigenvalue weighted by molar-refractivity contribution is 5.10. The molecule has 0 aromatic rings. The van der Waals surface area contributed by atoms with E-state index >= 15 is 0 Å². The Balaban J connectivity index is 3.92. The summed E-state index contributed by atoms with van der Waals surface area (Å²) >= 11 is 0. The Morgan fingerprint density at radius 3 is 2.00 bits per heavy atom. The van der Waals surface area contributed by atoms with Crippen LogP contribution in [-0.2, 0) is 0 Å². The second kappa shape index (κ2) is 6.05. The lowest BCUT2D eigenvalue weighted by Gasteiger charge is -2.04. The summed E-state index contributed by atoms with van der Waals surface area (Å²) in [6, 6.07) is 0. The zero-order chi connectivity index (χ0) is 9.56. The molecule has 0 bridgehead atoms. The molecule has 0 N–H and O–H groups in total. The van der Waals surface area contributed by atoms with Gasteiger partial charge in [0.2, 0.25) is 0 Å². The van der Waals surface area contributed by atoms with E-state index in [9.17, 15) is 0 Å². The van der Waals surface area contributed by atoms with Gasteiger partial charge in [-0.25, -0.2) is 0 Å². The van der Waals surface area contributed by atoms with Crippen LogP contribution in [0.3, 0.4) is 0 Å². The second-order valence-corrected chi connectivity index (χ2v) is 3.78. The Morgan fingerprint density at radius 2 is 1.67 bits per heavy atom. The van der Waals surface area contributed by atoms with Crippen molar-refractivity contribution in [1.29, 1.82) is 0 Å². The van der Waals surface area contributed by atoms with E-state index < -0.39 is 0 Å². The van der Waals surface area contributed by atoms with Crippen LogP contribution in [0.1, 0.15) is 53.9 Å². The van der Waals surface area contributed by atoms with Crippen molar-refractivity contribution in [3.63, 3.8) is 0 Å². The summed E-state index contributed by atoms with van der Waals surface area (Å²) < 4.78 is 0. The predicted molar refractivity (Wildman–Crippen MR) is 57.3 cm³/mol. The molecule has 0 aromatic heterocycles. The van der Waals surface area contributed by atoms with Crippen LogP contribution in [0.2, 0.25) is 0 Å². The SMILES string of the molecule is CCC(CCC=C(C)C)=C(C)C. The lowest BCUT2D eigenvalue weighted by molar-refractivity contribution is 0.881. The minimum atomic E-state index is 1.21. The molecule has 70 valence electrons. The molecule has 0 aliphatic carbocycles. The van der Waals surface area contributed by atoms with Crippen molar-refractivity contribution in [3.8, 4) is 0 Å². The lowest BCUT2D eigenvalue weighted by Crippen LogP contribution is -1.84. The summed E-state index contributed by atoms with van der Waals surface area (Å²) in [7, 11) is 0. The predicted octanol–water partition coefficient (Wildman–Crippen LogP) is 4.48. The van der Waals surface area contributed by atoms with Crippen LogP contribution in [0.4, 0.5) is 0 Å². The highest BCUT2D eigenvalue weighted by Crippen LogP contribution is 2.15. The molecule has 0 nitrogen and oxygen atoms in total. The zero-order valence-corrected chi connectivity index (χ0v) is 9.20. The molecule has 0 aliphatic heterocycles. The molecule has 0 radical (unpaired) electrons. The molecular weight excluding hydrogens is 144 g/mol. The Labute approximate surface area is 77.4 Å². The Kier molecular flexibility index (Phi) is 5.79. The molecule has 0 aromatic carbocycles. The highest BCUT2D eigenvalue weighted by atomic mass is 14.0. The van der Waals surface area contributed by atoms with Crippen LogP contribution in [0.5, 0.6) is 0 Å². The zero-order valence-electron chi connectivity index (χ0n) is 9.20. The van der Waals surface area contributed by atoms with Crippen molar-refractivity contribution >= 4 is 0 Å². The van der Waals surface area contributed by atoms with Gasteiger partial charge in [-0.3, -0.25) is 0 Å². The third-order valence-electron chi connectivity index (χ3n) is 2.13. The number of hydrogen-bond acceptors (Lipinski definition) is 0. The summed E-state index contributed by atoms with van der Waals surface area (Å²) in [5.41, 5.74) is 4.55. The third kappa shape index (κ3) is 5.17. The summed E-state index contributed by atoms with van der Waals surface area (Å²) in [6.45, 7) is 11.0. The Hall–Kier alpha value is -0.520. The molecule has 0 heterocycles. The molecule has 0 fully saturated rings. The van der Waals surface area contributed by atoms with E-state index in [4.69, 9.17) is 0 Å². The van der Waals surface area contributed by atoms with E-state index in [2.05, 4.69) is 40.7 Å². The van der Waals surface area contributed by atoms with Crippen molar-refractivity contribution in [2.24, 2.45) is 0 Å². The first-order valence-corrected chi connectivity index (χ1v) is 4.86. The molecule has 0 amide bonds. The van der Waals surface area contributed by atoms with Gasteiger partial charge in [-0.2, -0.15) is 0 Å². The van der Waals surface area contributed by atoms with Crippen molar-refractivity contribution in [2.45, 2.75) is 53.9 Å². The fraction of sp³-hybridized carbons (Fsp3) is 0.667. The Bertz CT molecular complexity index is 174. The smallest absolute Gasteiger partial charge is 0.0283 e. The van der Waals surface area contributed by atoms with Gasteiger partial charge >= 0.3 is 0 Å². The average Bonchev–Trinajstić information content (AvgIpc) is 1.96. The largest absolute Gasteiger partial charge is 0.0856 e.